The van der Waals surface area contributed by atoms with Gasteiger partial charge in [-0.25, -0.2) is 9.97 Å². The molecule has 0 spiro atoms. The highest BCUT2D eigenvalue weighted by Gasteiger charge is 2.30. The van der Waals surface area contributed by atoms with Gasteiger partial charge in [-0.2, -0.15) is 13.2 Å². The molecule has 8 heteroatoms. The van der Waals surface area contributed by atoms with Crippen molar-refractivity contribution < 1.29 is 22.7 Å². The zero-order chi connectivity index (χ0) is 19.7. The summed E-state index contributed by atoms with van der Waals surface area (Å²) in [6.45, 7) is 1.15. The van der Waals surface area contributed by atoms with E-state index in [1.807, 2.05) is 12.2 Å². The molecule has 28 heavy (non-hydrogen) atoms. The van der Waals surface area contributed by atoms with E-state index >= 15 is 0 Å². The fourth-order valence-corrected chi connectivity index (χ4v) is 2.82. The summed E-state index contributed by atoms with van der Waals surface area (Å²) in [5.41, 5.74) is 0.132. The minimum Gasteiger partial charge on any atom is -0.439 e. The average Bonchev–Trinajstić information content (AvgIpc) is 3.21. The van der Waals surface area contributed by atoms with Gasteiger partial charge in [-0.3, -0.25) is 4.79 Å². The van der Waals surface area contributed by atoms with Gasteiger partial charge in [0, 0.05) is 30.7 Å². The predicted molar refractivity (Wildman–Crippen MR) is 96.1 cm³/mol. The molecule has 2 aromatic heterocycles. The van der Waals surface area contributed by atoms with Crippen LogP contribution in [0.5, 0.6) is 11.6 Å². The Balaban J connectivity index is 1.53. The van der Waals surface area contributed by atoms with Crippen molar-refractivity contribution in [1.29, 1.82) is 0 Å². The number of hydrogen-bond donors (Lipinski definition) is 0. The third kappa shape index (κ3) is 3.66. The molecule has 1 aliphatic heterocycles. The number of ether oxygens (including phenoxy) is 1. The van der Waals surface area contributed by atoms with E-state index in [1.54, 1.807) is 35.2 Å². The summed E-state index contributed by atoms with van der Waals surface area (Å²) < 4.78 is 43.3. The van der Waals surface area contributed by atoms with Gasteiger partial charge < -0.3 is 9.64 Å². The highest BCUT2D eigenvalue weighted by Crippen LogP contribution is 2.30. The van der Waals surface area contributed by atoms with Crippen LogP contribution in [0.2, 0.25) is 0 Å². The maximum Gasteiger partial charge on any atom is 0.417 e. The SMILES string of the molecule is O=C(c1ccc2cc(Oc3ccc(C(F)(F)F)cn3)ccc2n1)N1CC=CC1. The second-order valence-electron chi connectivity index (χ2n) is 6.22. The monoisotopic (exact) mass is 385 g/mol. The summed E-state index contributed by atoms with van der Waals surface area (Å²) in [7, 11) is 0. The highest BCUT2D eigenvalue weighted by molar-refractivity contribution is 5.95. The van der Waals surface area contributed by atoms with Gasteiger partial charge in [0.1, 0.15) is 11.4 Å². The van der Waals surface area contributed by atoms with Crippen LogP contribution in [0.25, 0.3) is 10.9 Å². The Morgan fingerprint density at radius 1 is 1.04 bits per heavy atom. The van der Waals surface area contributed by atoms with E-state index in [4.69, 9.17) is 4.74 Å². The summed E-state index contributed by atoms with van der Waals surface area (Å²) in [6, 6.07) is 10.5. The molecule has 1 aliphatic rings. The molecule has 1 amide bonds. The number of pyridine rings is 2. The van der Waals surface area contributed by atoms with Crippen LogP contribution in [0.15, 0.2) is 60.8 Å². The van der Waals surface area contributed by atoms with Crippen LogP contribution in [0.1, 0.15) is 16.1 Å². The second-order valence-corrected chi connectivity index (χ2v) is 6.22. The number of carbonyl (C=O) groups is 1. The molecule has 0 radical (unpaired) electrons. The van der Waals surface area contributed by atoms with Gasteiger partial charge in [-0.05, 0) is 30.3 Å². The fourth-order valence-electron chi connectivity index (χ4n) is 2.82. The largest absolute Gasteiger partial charge is 0.439 e. The van der Waals surface area contributed by atoms with Gasteiger partial charge in [0.25, 0.3) is 5.91 Å². The van der Waals surface area contributed by atoms with Crippen molar-refractivity contribution in [3.63, 3.8) is 0 Å². The number of carbonyl (C=O) groups excluding carboxylic acids is 1. The second kappa shape index (κ2) is 6.95. The normalized spacial score (nSPS) is 13.9. The molecular formula is C20H14F3N3O2. The standard InChI is InChI=1S/C20H14F3N3O2/c21-20(22,23)14-4-8-18(24-12-14)28-15-5-7-16-13(11-15)3-6-17(25-16)19(27)26-9-1-2-10-26/h1-8,11-12H,9-10H2. The van der Waals surface area contributed by atoms with Gasteiger partial charge >= 0.3 is 6.18 Å². The third-order valence-corrected chi connectivity index (χ3v) is 4.27. The predicted octanol–water partition coefficient (Wildman–Crippen LogP) is 4.45. The molecule has 0 saturated heterocycles. The van der Waals surface area contributed by atoms with E-state index < -0.39 is 11.7 Å². The lowest BCUT2D eigenvalue weighted by molar-refractivity contribution is -0.137. The maximum atomic E-state index is 12.6. The number of benzene rings is 1. The Hall–Kier alpha value is -3.42. The van der Waals surface area contributed by atoms with Crippen molar-refractivity contribution in [3.8, 4) is 11.6 Å². The van der Waals surface area contributed by atoms with Crippen LogP contribution in [-0.4, -0.2) is 33.9 Å². The maximum absolute atomic E-state index is 12.6. The van der Waals surface area contributed by atoms with Crippen LogP contribution in [0, 0.1) is 0 Å². The number of amides is 1. The first-order valence-electron chi connectivity index (χ1n) is 8.46. The Kier molecular flexibility index (Phi) is 4.46. The van der Waals surface area contributed by atoms with Crippen LogP contribution >= 0.6 is 0 Å². The van der Waals surface area contributed by atoms with Gasteiger partial charge in [-0.1, -0.05) is 18.2 Å². The minimum atomic E-state index is -4.44. The Morgan fingerprint density at radius 2 is 1.82 bits per heavy atom. The molecular weight excluding hydrogens is 371 g/mol. The first-order chi connectivity index (χ1) is 13.4. The Labute approximate surface area is 158 Å². The summed E-state index contributed by atoms with van der Waals surface area (Å²) >= 11 is 0. The van der Waals surface area contributed by atoms with E-state index in [0.717, 1.165) is 23.7 Å². The molecule has 4 rings (SSSR count). The van der Waals surface area contributed by atoms with E-state index in [1.165, 1.54) is 0 Å². The zero-order valence-electron chi connectivity index (χ0n) is 14.5. The summed E-state index contributed by atoms with van der Waals surface area (Å²) in [6.07, 6.45) is 0.138. The molecule has 0 aliphatic carbocycles. The summed E-state index contributed by atoms with van der Waals surface area (Å²) in [5, 5.41) is 0.737. The van der Waals surface area contributed by atoms with Crippen molar-refractivity contribution in [2.24, 2.45) is 0 Å². The van der Waals surface area contributed by atoms with Crippen LogP contribution in [0.3, 0.4) is 0 Å². The minimum absolute atomic E-state index is 0.0497. The number of halogens is 3. The zero-order valence-corrected chi connectivity index (χ0v) is 14.5. The molecule has 142 valence electrons. The van der Waals surface area contributed by atoms with Crippen LogP contribution in [0.4, 0.5) is 13.2 Å². The van der Waals surface area contributed by atoms with Gasteiger partial charge in [0.15, 0.2) is 0 Å². The molecule has 0 unspecified atom stereocenters. The number of fused-ring (bicyclic) bond motifs is 1. The van der Waals surface area contributed by atoms with Crippen molar-refractivity contribution in [3.05, 3.63) is 72.1 Å². The fraction of sp³-hybridized carbons (Fsp3) is 0.150. The van der Waals surface area contributed by atoms with Crippen LogP contribution < -0.4 is 4.74 Å². The van der Waals surface area contributed by atoms with E-state index in [0.29, 0.717) is 30.0 Å². The van der Waals surface area contributed by atoms with E-state index in [-0.39, 0.29) is 11.8 Å². The first-order valence-corrected chi connectivity index (χ1v) is 8.46. The van der Waals surface area contributed by atoms with Crippen LogP contribution in [-0.2, 0) is 6.18 Å². The molecule has 0 fully saturated rings. The van der Waals surface area contributed by atoms with E-state index in [9.17, 15) is 18.0 Å². The third-order valence-electron chi connectivity index (χ3n) is 4.27. The molecule has 3 aromatic rings. The molecule has 0 saturated carbocycles. The Bertz CT molecular complexity index is 1050. The number of rotatable bonds is 3. The number of alkyl halides is 3. The lowest BCUT2D eigenvalue weighted by Crippen LogP contribution is -2.28. The smallest absolute Gasteiger partial charge is 0.417 e. The quantitative estimate of drug-likeness (QED) is 0.625. The Morgan fingerprint density at radius 3 is 2.50 bits per heavy atom. The molecule has 0 bridgehead atoms. The van der Waals surface area contributed by atoms with Crippen molar-refractivity contribution >= 4 is 16.8 Å². The molecule has 0 atom stereocenters. The van der Waals surface area contributed by atoms with E-state index in [2.05, 4.69) is 9.97 Å². The molecule has 3 heterocycles. The number of aromatic nitrogens is 2. The molecule has 5 nitrogen and oxygen atoms in total. The number of nitrogens with zero attached hydrogens (tertiary/aromatic N) is 3. The summed E-state index contributed by atoms with van der Waals surface area (Å²) in [5.74, 6) is 0.319. The first kappa shape index (κ1) is 18.0. The van der Waals surface area contributed by atoms with Gasteiger partial charge in [0.05, 0.1) is 11.1 Å². The molecule has 1 aromatic carbocycles. The number of hydrogen-bond acceptors (Lipinski definition) is 4. The summed E-state index contributed by atoms with van der Waals surface area (Å²) in [4.78, 5) is 22.2. The lowest BCUT2D eigenvalue weighted by Gasteiger charge is -2.15. The van der Waals surface area contributed by atoms with Gasteiger partial charge in [0.2, 0.25) is 5.88 Å². The molecule has 0 N–H and O–H groups in total. The van der Waals surface area contributed by atoms with Crippen molar-refractivity contribution in [1.82, 2.24) is 14.9 Å². The van der Waals surface area contributed by atoms with Crippen molar-refractivity contribution in [2.45, 2.75) is 6.18 Å². The van der Waals surface area contributed by atoms with Gasteiger partial charge in [-0.15, -0.1) is 0 Å². The highest BCUT2D eigenvalue weighted by atomic mass is 19.4. The van der Waals surface area contributed by atoms with Crippen molar-refractivity contribution in [2.75, 3.05) is 13.1 Å². The average molecular weight is 385 g/mol. The lowest BCUT2D eigenvalue weighted by atomic mass is 10.2. The topological polar surface area (TPSA) is 55.3 Å².